The summed E-state index contributed by atoms with van der Waals surface area (Å²) in [6.45, 7) is 7.75. The maximum Gasteiger partial charge on any atom is 0.255 e. The molecule has 20 heavy (non-hydrogen) atoms. The number of aryl methyl sites for hydroxylation is 1. The molecule has 0 aliphatic heterocycles. The monoisotopic (exact) mass is 276 g/mol. The van der Waals surface area contributed by atoms with E-state index in [2.05, 4.69) is 15.4 Å². The van der Waals surface area contributed by atoms with Crippen LogP contribution in [-0.4, -0.2) is 20.7 Å². The Hall–Kier alpha value is -2.24. The van der Waals surface area contributed by atoms with Crippen molar-refractivity contribution in [2.45, 2.75) is 33.7 Å². The molecule has 0 aliphatic rings. The second kappa shape index (κ2) is 5.40. The summed E-state index contributed by atoms with van der Waals surface area (Å²) >= 11 is 0. The van der Waals surface area contributed by atoms with Gasteiger partial charge in [-0.2, -0.15) is 9.49 Å². The van der Waals surface area contributed by atoms with E-state index in [-0.39, 0.29) is 17.5 Å². The summed E-state index contributed by atoms with van der Waals surface area (Å²) in [5.41, 5.74) is 2.51. The molecule has 5 nitrogen and oxygen atoms in total. The summed E-state index contributed by atoms with van der Waals surface area (Å²) in [5, 5.41) is 7.17. The van der Waals surface area contributed by atoms with Gasteiger partial charge in [-0.05, 0) is 33.8 Å². The first kappa shape index (κ1) is 14.2. The largest absolute Gasteiger partial charge is 0.319 e. The Morgan fingerprint density at radius 1 is 1.40 bits per heavy atom. The summed E-state index contributed by atoms with van der Waals surface area (Å²) in [5.74, 6) is -1.05. The number of anilines is 1. The van der Waals surface area contributed by atoms with Gasteiger partial charge < -0.3 is 5.32 Å². The van der Waals surface area contributed by atoms with E-state index in [0.29, 0.717) is 5.69 Å². The number of carbonyl (C=O) groups excluding carboxylic acids is 1. The van der Waals surface area contributed by atoms with Gasteiger partial charge in [-0.25, -0.2) is 4.98 Å². The zero-order valence-electron chi connectivity index (χ0n) is 11.9. The second-order valence-corrected chi connectivity index (χ2v) is 4.91. The molecular weight excluding hydrogens is 259 g/mol. The minimum Gasteiger partial charge on any atom is -0.319 e. The fourth-order valence-electron chi connectivity index (χ4n) is 2.08. The van der Waals surface area contributed by atoms with E-state index in [4.69, 9.17) is 0 Å². The van der Waals surface area contributed by atoms with Crippen LogP contribution in [0.4, 0.5) is 10.1 Å². The summed E-state index contributed by atoms with van der Waals surface area (Å²) < 4.78 is 14.9. The highest BCUT2D eigenvalue weighted by Crippen LogP contribution is 2.23. The quantitative estimate of drug-likeness (QED) is 0.877. The molecule has 2 rings (SSSR count). The predicted molar refractivity (Wildman–Crippen MR) is 74.2 cm³/mol. The number of hydrogen-bond donors (Lipinski definition) is 1. The summed E-state index contributed by atoms with van der Waals surface area (Å²) in [6.07, 6.45) is 1.27. The smallest absolute Gasteiger partial charge is 0.255 e. The maximum atomic E-state index is 13.0. The van der Waals surface area contributed by atoms with Gasteiger partial charge in [0.25, 0.3) is 5.91 Å². The van der Waals surface area contributed by atoms with Crippen LogP contribution < -0.4 is 5.32 Å². The lowest BCUT2D eigenvalue weighted by molar-refractivity contribution is 0.102. The van der Waals surface area contributed by atoms with Gasteiger partial charge in [0.1, 0.15) is 0 Å². The van der Waals surface area contributed by atoms with Gasteiger partial charge in [0.2, 0.25) is 5.95 Å². The summed E-state index contributed by atoms with van der Waals surface area (Å²) in [7, 11) is 0. The van der Waals surface area contributed by atoms with Gasteiger partial charge in [0, 0.05) is 23.9 Å². The van der Waals surface area contributed by atoms with Crippen molar-refractivity contribution in [3.63, 3.8) is 0 Å². The van der Waals surface area contributed by atoms with Crippen molar-refractivity contribution in [3.8, 4) is 0 Å². The van der Waals surface area contributed by atoms with Crippen molar-refractivity contribution in [2.24, 2.45) is 0 Å². The summed E-state index contributed by atoms with van der Waals surface area (Å²) in [4.78, 5) is 15.5. The minimum absolute atomic E-state index is 0.206. The van der Waals surface area contributed by atoms with Crippen LogP contribution >= 0.6 is 0 Å². The van der Waals surface area contributed by atoms with Crippen molar-refractivity contribution >= 4 is 11.6 Å². The number of halogens is 1. The number of nitrogens with zero attached hydrogens (tertiary/aromatic N) is 3. The third-order valence-electron chi connectivity index (χ3n) is 3.04. The lowest BCUT2D eigenvalue weighted by Crippen LogP contribution is -2.14. The standard InChI is InChI=1S/C14H17FN4O/c1-8(2)19-10(4)13(9(3)18-19)17-14(20)11-5-6-16-12(15)7-11/h5-8H,1-4H3,(H,17,20). The van der Waals surface area contributed by atoms with Gasteiger partial charge >= 0.3 is 0 Å². The number of nitrogens with one attached hydrogen (secondary N) is 1. The van der Waals surface area contributed by atoms with Crippen LogP contribution in [-0.2, 0) is 0 Å². The molecule has 106 valence electrons. The van der Waals surface area contributed by atoms with Crippen LogP contribution in [0.2, 0.25) is 0 Å². The van der Waals surface area contributed by atoms with E-state index in [9.17, 15) is 9.18 Å². The molecule has 0 atom stereocenters. The van der Waals surface area contributed by atoms with Crippen LogP contribution in [0, 0.1) is 19.8 Å². The molecule has 0 aliphatic carbocycles. The molecule has 6 heteroatoms. The zero-order chi connectivity index (χ0) is 14.9. The zero-order valence-corrected chi connectivity index (χ0v) is 11.9. The predicted octanol–water partition coefficient (Wildman–Crippen LogP) is 2.87. The Labute approximate surface area is 116 Å². The number of pyridine rings is 1. The molecule has 0 radical (unpaired) electrons. The Morgan fingerprint density at radius 2 is 2.10 bits per heavy atom. The molecule has 0 fully saturated rings. The first-order valence-corrected chi connectivity index (χ1v) is 6.38. The SMILES string of the molecule is Cc1nn(C(C)C)c(C)c1NC(=O)c1ccnc(F)c1. The van der Waals surface area contributed by atoms with Gasteiger partial charge in [-0.1, -0.05) is 0 Å². The molecule has 0 saturated carbocycles. The van der Waals surface area contributed by atoms with Crippen LogP contribution in [0.25, 0.3) is 0 Å². The van der Waals surface area contributed by atoms with Gasteiger partial charge in [-0.3, -0.25) is 9.48 Å². The molecule has 0 bridgehead atoms. The number of hydrogen-bond acceptors (Lipinski definition) is 3. The molecule has 0 saturated heterocycles. The third-order valence-corrected chi connectivity index (χ3v) is 3.04. The van der Waals surface area contributed by atoms with Gasteiger partial charge in [0.05, 0.1) is 17.1 Å². The molecule has 2 aromatic heterocycles. The Bertz CT molecular complexity index is 649. The second-order valence-electron chi connectivity index (χ2n) is 4.91. The molecule has 1 amide bonds. The fourth-order valence-corrected chi connectivity index (χ4v) is 2.08. The van der Waals surface area contributed by atoms with E-state index in [1.54, 1.807) is 0 Å². The highest BCUT2D eigenvalue weighted by molar-refractivity contribution is 6.04. The van der Waals surface area contributed by atoms with E-state index >= 15 is 0 Å². The third kappa shape index (κ3) is 2.68. The maximum absolute atomic E-state index is 13.0. The minimum atomic E-state index is -0.677. The average Bonchev–Trinajstić information content (AvgIpc) is 2.67. The number of carbonyl (C=O) groups is 1. The summed E-state index contributed by atoms with van der Waals surface area (Å²) in [6, 6.07) is 2.78. The van der Waals surface area contributed by atoms with Crippen molar-refractivity contribution in [1.82, 2.24) is 14.8 Å². The number of amides is 1. The molecule has 1 N–H and O–H groups in total. The molecule has 0 spiro atoms. The van der Waals surface area contributed by atoms with Crippen molar-refractivity contribution in [2.75, 3.05) is 5.32 Å². The highest BCUT2D eigenvalue weighted by Gasteiger charge is 2.16. The topological polar surface area (TPSA) is 59.8 Å². The fraction of sp³-hybridized carbons (Fsp3) is 0.357. The Kier molecular flexibility index (Phi) is 3.83. The van der Waals surface area contributed by atoms with E-state index in [0.717, 1.165) is 17.5 Å². The Morgan fingerprint density at radius 3 is 2.65 bits per heavy atom. The first-order chi connectivity index (χ1) is 9.40. The van der Waals surface area contributed by atoms with Crippen molar-refractivity contribution in [1.29, 1.82) is 0 Å². The number of rotatable bonds is 3. The van der Waals surface area contributed by atoms with Gasteiger partial charge in [0.15, 0.2) is 0 Å². The number of aromatic nitrogens is 3. The normalized spacial score (nSPS) is 10.9. The molecule has 0 aromatic carbocycles. The van der Waals surface area contributed by atoms with E-state index in [1.807, 2.05) is 32.4 Å². The highest BCUT2D eigenvalue weighted by atomic mass is 19.1. The lowest BCUT2D eigenvalue weighted by atomic mass is 10.2. The van der Waals surface area contributed by atoms with Crippen LogP contribution in [0.3, 0.4) is 0 Å². The molecular formula is C14H17FN4O. The molecule has 0 unspecified atom stereocenters. The lowest BCUT2D eigenvalue weighted by Gasteiger charge is -2.09. The molecule has 2 aromatic rings. The Balaban J connectivity index is 2.29. The van der Waals surface area contributed by atoms with Crippen molar-refractivity contribution in [3.05, 3.63) is 41.2 Å². The first-order valence-electron chi connectivity index (χ1n) is 6.38. The average molecular weight is 276 g/mol. The van der Waals surface area contributed by atoms with E-state index < -0.39 is 5.95 Å². The van der Waals surface area contributed by atoms with Crippen LogP contribution in [0.1, 0.15) is 41.6 Å². The van der Waals surface area contributed by atoms with Crippen molar-refractivity contribution < 1.29 is 9.18 Å². The van der Waals surface area contributed by atoms with Crippen LogP contribution in [0.15, 0.2) is 18.3 Å². The van der Waals surface area contributed by atoms with Crippen LogP contribution in [0.5, 0.6) is 0 Å². The molecule has 2 heterocycles. The van der Waals surface area contributed by atoms with Gasteiger partial charge in [-0.15, -0.1) is 0 Å². The van der Waals surface area contributed by atoms with E-state index in [1.165, 1.54) is 12.3 Å².